The Hall–Kier alpha value is -1.99. The van der Waals surface area contributed by atoms with Gasteiger partial charge in [-0.05, 0) is 37.2 Å². The van der Waals surface area contributed by atoms with Crippen molar-refractivity contribution in [2.45, 2.75) is 19.4 Å². The van der Waals surface area contributed by atoms with E-state index in [2.05, 4.69) is 31.8 Å². The van der Waals surface area contributed by atoms with Gasteiger partial charge in [-0.1, -0.05) is 12.1 Å². The number of hydrogen-bond acceptors (Lipinski definition) is 6. The van der Waals surface area contributed by atoms with Crippen LogP contribution < -0.4 is 4.90 Å². The van der Waals surface area contributed by atoms with Crippen LogP contribution >= 0.6 is 0 Å². The van der Waals surface area contributed by atoms with Gasteiger partial charge in [-0.25, -0.2) is 4.39 Å². The lowest BCUT2D eigenvalue weighted by Gasteiger charge is -2.37. The van der Waals surface area contributed by atoms with Crippen LogP contribution in [0.25, 0.3) is 11.4 Å². The minimum absolute atomic E-state index is 0.266. The summed E-state index contributed by atoms with van der Waals surface area (Å²) in [5.41, 5.74) is 0.767. The molecule has 2 aliphatic heterocycles. The van der Waals surface area contributed by atoms with Crippen LogP contribution in [0.5, 0.6) is 0 Å². The van der Waals surface area contributed by atoms with Gasteiger partial charge in [0.25, 0.3) is 0 Å². The van der Waals surface area contributed by atoms with Crippen LogP contribution in [-0.2, 0) is 0 Å². The second-order valence-corrected chi connectivity index (χ2v) is 6.77. The summed E-state index contributed by atoms with van der Waals surface area (Å²) in [6, 6.07) is 7.28. The van der Waals surface area contributed by atoms with Gasteiger partial charge in [-0.3, -0.25) is 4.90 Å². The van der Waals surface area contributed by atoms with E-state index < -0.39 is 0 Å². The fourth-order valence-electron chi connectivity index (χ4n) is 3.72. The van der Waals surface area contributed by atoms with Crippen LogP contribution in [0.2, 0.25) is 0 Å². The first-order chi connectivity index (χ1) is 12.2. The standard InChI is InChI=1S/C18H24FN5O/c1-2-22-9-11-23(12-10-22)16-7-8-24(13-16)18-20-17(21-25-18)14-3-5-15(19)6-4-14/h3-6,16H,2,7-13H2,1H3/t16-/m0/s1. The van der Waals surface area contributed by atoms with Crippen molar-refractivity contribution in [3.05, 3.63) is 30.1 Å². The van der Waals surface area contributed by atoms with Crippen molar-refractivity contribution < 1.29 is 8.91 Å². The molecule has 2 fully saturated rings. The van der Waals surface area contributed by atoms with Crippen molar-refractivity contribution in [2.75, 3.05) is 50.7 Å². The minimum Gasteiger partial charge on any atom is -0.323 e. The molecule has 1 aromatic heterocycles. The molecule has 0 unspecified atom stereocenters. The number of hydrogen-bond donors (Lipinski definition) is 0. The summed E-state index contributed by atoms with van der Waals surface area (Å²) in [4.78, 5) is 11.7. The third kappa shape index (κ3) is 3.52. The van der Waals surface area contributed by atoms with Crippen LogP contribution in [0, 0.1) is 5.82 Å². The average Bonchev–Trinajstić information content (AvgIpc) is 3.32. The minimum atomic E-state index is -0.266. The van der Waals surface area contributed by atoms with Crippen molar-refractivity contribution in [2.24, 2.45) is 0 Å². The van der Waals surface area contributed by atoms with E-state index in [1.54, 1.807) is 12.1 Å². The van der Waals surface area contributed by atoms with Crippen molar-refractivity contribution in [1.82, 2.24) is 19.9 Å². The van der Waals surface area contributed by atoms with E-state index in [-0.39, 0.29) is 5.82 Å². The number of nitrogens with zero attached hydrogens (tertiary/aromatic N) is 5. The second kappa shape index (κ2) is 7.09. The molecule has 2 aromatic rings. The van der Waals surface area contributed by atoms with E-state index >= 15 is 0 Å². The molecule has 25 heavy (non-hydrogen) atoms. The van der Waals surface area contributed by atoms with E-state index in [0.29, 0.717) is 17.9 Å². The van der Waals surface area contributed by atoms with Gasteiger partial charge < -0.3 is 14.3 Å². The molecule has 0 amide bonds. The smallest absolute Gasteiger partial charge is 0.323 e. The largest absolute Gasteiger partial charge is 0.324 e. The summed E-state index contributed by atoms with van der Waals surface area (Å²) >= 11 is 0. The topological polar surface area (TPSA) is 48.6 Å². The molecule has 4 rings (SSSR count). The fraction of sp³-hybridized carbons (Fsp3) is 0.556. The van der Waals surface area contributed by atoms with Gasteiger partial charge in [0.2, 0.25) is 5.82 Å². The second-order valence-electron chi connectivity index (χ2n) is 6.77. The third-order valence-corrected chi connectivity index (χ3v) is 5.32. The van der Waals surface area contributed by atoms with Crippen molar-refractivity contribution >= 4 is 6.01 Å². The van der Waals surface area contributed by atoms with Crippen molar-refractivity contribution in [1.29, 1.82) is 0 Å². The van der Waals surface area contributed by atoms with Crippen molar-refractivity contribution in [3.63, 3.8) is 0 Å². The molecule has 0 radical (unpaired) electrons. The first kappa shape index (κ1) is 16.5. The predicted octanol–water partition coefficient (Wildman–Crippen LogP) is 2.09. The number of piperazine rings is 1. The fourth-order valence-corrected chi connectivity index (χ4v) is 3.72. The number of aromatic nitrogens is 2. The Morgan fingerprint density at radius 2 is 1.88 bits per heavy atom. The number of anilines is 1. The van der Waals surface area contributed by atoms with Crippen LogP contribution in [0.1, 0.15) is 13.3 Å². The van der Waals surface area contributed by atoms with E-state index in [1.807, 2.05) is 0 Å². The Morgan fingerprint density at radius 3 is 2.60 bits per heavy atom. The molecular formula is C18H24FN5O. The van der Waals surface area contributed by atoms with Crippen LogP contribution in [0.3, 0.4) is 0 Å². The molecular weight excluding hydrogens is 321 g/mol. The molecule has 0 bridgehead atoms. The highest BCUT2D eigenvalue weighted by atomic mass is 19.1. The zero-order chi connectivity index (χ0) is 17.2. The first-order valence-corrected chi connectivity index (χ1v) is 9.04. The maximum Gasteiger partial charge on any atom is 0.324 e. The van der Waals surface area contributed by atoms with Gasteiger partial charge in [0.05, 0.1) is 0 Å². The van der Waals surface area contributed by atoms with Gasteiger partial charge in [0.1, 0.15) is 5.82 Å². The number of benzene rings is 1. The molecule has 2 saturated heterocycles. The quantitative estimate of drug-likeness (QED) is 0.846. The number of likely N-dealkylation sites (N-methyl/N-ethyl adjacent to an activating group) is 1. The maximum atomic E-state index is 13.0. The lowest BCUT2D eigenvalue weighted by molar-refractivity contribution is 0.107. The zero-order valence-corrected chi connectivity index (χ0v) is 14.6. The molecule has 1 atom stereocenters. The summed E-state index contributed by atoms with van der Waals surface area (Å²) in [5, 5.41) is 4.05. The molecule has 3 heterocycles. The molecule has 1 aromatic carbocycles. The summed E-state index contributed by atoms with van der Waals surface area (Å²) < 4.78 is 18.5. The molecule has 0 saturated carbocycles. The molecule has 0 N–H and O–H groups in total. The normalized spacial score (nSPS) is 22.6. The van der Waals surface area contributed by atoms with E-state index in [9.17, 15) is 4.39 Å². The average molecular weight is 345 g/mol. The van der Waals surface area contributed by atoms with Crippen LogP contribution in [0.15, 0.2) is 28.8 Å². The van der Waals surface area contributed by atoms with Gasteiger partial charge in [-0.15, -0.1) is 0 Å². The third-order valence-electron chi connectivity index (χ3n) is 5.32. The summed E-state index contributed by atoms with van der Waals surface area (Å²) in [5.74, 6) is 0.244. The highest BCUT2D eigenvalue weighted by molar-refractivity contribution is 5.55. The molecule has 2 aliphatic rings. The Morgan fingerprint density at radius 1 is 1.12 bits per heavy atom. The summed E-state index contributed by atoms with van der Waals surface area (Å²) in [7, 11) is 0. The summed E-state index contributed by atoms with van der Waals surface area (Å²) in [6.45, 7) is 9.81. The Bertz CT molecular complexity index is 696. The molecule has 0 aliphatic carbocycles. The Kier molecular flexibility index (Phi) is 4.67. The summed E-state index contributed by atoms with van der Waals surface area (Å²) in [6.07, 6.45) is 1.13. The first-order valence-electron chi connectivity index (χ1n) is 9.04. The predicted molar refractivity (Wildman–Crippen MR) is 94.0 cm³/mol. The maximum absolute atomic E-state index is 13.0. The lowest BCUT2D eigenvalue weighted by Crippen LogP contribution is -2.50. The number of rotatable bonds is 4. The van der Waals surface area contributed by atoms with Gasteiger partial charge in [-0.2, -0.15) is 4.98 Å². The van der Waals surface area contributed by atoms with Gasteiger partial charge in [0.15, 0.2) is 0 Å². The lowest BCUT2D eigenvalue weighted by atomic mass is 10.2. The number of halogens is 1. The SMILES string of the molecule is CCN1CCN([C@H]2CCN(c3nc(-c4ccc(F)cc4)no3)C2)CC1. The molecule has 7 heteroatoms. The highest BCUT2D eigenvalue weighted by Crippen LogP contribution is 2.25. The van der Waals surface area contributed by atoms with E-state index in [4.69, 9.17) is 4.52 Å². The molecule has 6 nitrogen and oxygen atoms in total. The van der Waals surface area contributed by atoms with Crippen LogP contribution in [0.4, 0.5) is 10.4 Å². The highest BCUT2D eigenvalue weighted by Gasteiger charge is 2.32. The zero-order valence-electron chi connectivity index (χ0n) is 14.6. The van der Waals surface area contributed by atoms with E-state index in [0.717, 1.165) is 57.8 Å². The van der Waals surface area contributed by atoms with Crippen molar-refractivity contribution in [3.8, 4) is 11.4 Å². The molecule has 0 spiro atoms. The monoisotopic (exact) mass is 345 g/mol. The Balaban J connectivity index is 1.38. The van der Waals surface area contributed by atoms with Gasteiger partial charge >= 0.3 is 6.01 Å². The molecule has 134 valence electrons. The van der Waals surface area contributed by atoms with E-state index in [1.165, 1.54) is 12.1 Å². The Labute approximate surface area is 147 Å². The van der Waals surface area contributed by atoms with Crippen LogP contribution in [-0.4, -0.2) is 71.8 Å². The van der Waals surface area contributed by atoms with Gasteiger partial charge in [0, 0.05) is 50.9 Å².